The third-order valence-corrected chi connectivity index (χ3v) is 1.16. The first-order chi connectivity index (χ1) is 5.11. The van der Waals surface area contributed by atoms with Gasteiger partial charge in [0.2, 0.25) is 0 Å². The van der Waals surface area contributed by atoms with E-state index in [2.05, 4.69) is 15.0 Å². The first-order valence-electron chi connectivity index (χ1n) is 3.18. The number of hydrogen-bond acceptors (Lipinski definition) is 3. The van der Waals surface area contributed by atoms with E-state index in [-0.39, 0.29) is 11.9 Å². The van der Waals surface area contributed by atoms with Crippen LogP contribution in [0.5, 0.6) is 0 Å². The molecular weight excluding hydrogens is 146 g/mol. The average Bonchev–Trinajstić information content (AvgIpc) is 2.02. The van der Waals surface area contributed by atoms with E-state index in [0.29, 0.717) is 0 Å². The molecule has 0 aliphatic rings. The summed E-state index contributed by atoms with van der Waals surface area (Å²) in [6.07, 6.45) is 0. The van der Waals surface area contributed by atoms with E-state index < -0.39 is 6.04 Å². The molecular formula is C6H13N3O2. The molecule has 1 unspecified atom stereocenters. The quantitative estimate of drug-likeness (QED) is 0.310. The second-order valence-electron chi connectivity index (χ2n) is 2.00. The number of carbonyl (C=O) groups excluding carboxylic acids is 1. The van der Waals surface area contributed by atoms with Crippen molar-refractivity contribution in [2.24, 2.45) is 10.7 Å². The molecule has 0 fully saturated rings. The summed E-state index contributed by atoms with van der Waals surface area (Å²) in [6, 6.07) is -0.455. The predicted molar refractivity (Wildman–Crippen MR) is 42.2 cm³/mol. The number of methoxy groups -OCH3 is 1. The molecule has 0 aromatic heterocycles. The third kappa shape index (κ3) is 3.44. The molecule has 0 spiro atoms. The van der Waals surface area contributed by atoms with Crippen LogP contribution in [0, 0.1) is 0 Å². The summed E-state index contributed by atoms with van der Waals surface area (Å²) in [5.74, 6) is -0.139. The zero-order chi connectivity index (χ0) is 8.85. The van der Waals surface area contributed by atoms with Crippen LogP contribution in [0.4, 0.5) is 0 Å². The van der Waals surface area contributed by atoms with E-state index in [4.69, 9.17) is 5.73 Å². The van der Waals surface area contributed by atoms with Crippen molar-refractivity contribution in [3.63, 3.8) is 0 Å². The van der Waals surface area contributed by atoms with Crippen molar-refractivity contribution in [1.82, 2.24) is 5.32 Å². The van der Waals surface area contributed by atoms with Crippen LogP contribution < -0.4 is 11.1 Å². The molecule has 5 heteroatoms. The minimum atomic E-state index is -0.455. The Bertz CT molecular complexity index is 167. The number of esters is 1. The van der Waals surface area contributed by atoms with Crippen LogP contribution in [0.15, 0.2) is 4.99 Å². The van der Waals surface area contributed by atoms with E-state index in [1.807, 2.05) is 0 Å². The molecule has 5 nitrogen and oxygen atoms in total. The number of aliphatic imine (C=N–C) groups is 1. The number of guanidine groups is 1. The molecule has 0 heterocycles. The molecule has 0 rings (SSSR count). The fraction of sp³-hybridized carbons (Fsp3) is 0.667. The van der Waals surface area contributed by atoms with Gasteiger partial charge in [0, 0.05) is 7.05 Å². The molecule has 64 valence electrons. The lowest BCUT2D eigenvalue weighted by atomic mass is 10.3. The van der Waals surface area contributed by atoms with Gasteiger partial charge in [0.1, 0.15) is 6.04 Å². The van der Waals surface area contributed by atoms with E-state index in [0.717, 1.165) is 0 Å². The minimum Gasteiger partial charge on any atom is -0.467 e. The molecule has 0 amide bonds. The number of hydrogen-bond donors (Lipinski definition) is 2. The average molecular weight is 159 g/mol. The number of ether oxygens (including phenoxy) is 1. The molecule has 0 saturated heterocycles. The van der Waals surface area contributed by atoms with Gasteiger partial charge in [-0.3, -0.25) is 4.99 Å². The Morgan fingerprint density at radius 1 is 1.73 bits per heavy atom. The van der Waals surface area contributed by atoms with Gasteiger partial charge in [0.15, 0.2) is 5.96 Å². The largest absolute Gasteiger partial charge is 0.467 e. The molecule has 0 aliphatic carbocycles. The summed E-state index contributed by atoms with van der Waals surface area (Å²) in [5.41, 5.74) is 5.30. The Morgan fingerprint density at radius 2 is 2.27 bits per heavy atom. The van der Waals surface area contributed by atoms with Gasteiger partial charge in [0.05, 0.1) is 7.11 Å². The molecule has 3 N–H and O–H groups in total. The maximum absolute atomic E-state index is 10.8. The third-order valence-electron chi connectivity index (χ3n) is 1.16. The predicted octanol–water partition coefficient (Wildman–Crippen LogP) is -0.918. The number of nitrogens with one attached hydrogen (secondary N) is 1. The Balaban J connectivity index is 3.87. The van der Waals surface area contributed by atoms with Gasteiger partial charge in [-0.2, -0.15) is 0 Å². The van der Waals surface area contributed by atoms with Crippen molar-refractivity contribution in [2.75, 3.05) is 14.2 Å². The molecule has 1 atom stereocenters. The van der Waals surface area contributed by atoms with Crippen molar-refractivity contribution in [1.29, 1.82) is 0 Å². The molecule has 11 heavy (non-hydrogen) atoms. The van der Waals surface area contributed by atoms with Crippen LogP contribution in [0.2, 0.25) is 0 Å². The first kappa shape index (κ1) is 9.74. The smallest absolute Gasteiger partial charge is 0.328 e. The number of nitrogens with two attached hydrogens (primary N) is 1. The fourth-order valence-corrected chi connectivity index (χ4v) is 0.522. The maximum Gasteiger partial charge on any atom is 0.328 e. The number of carbonyl (C=O) groups is 1. The van der Waals surface area contributed by atoms with Gasteiger partial charge in [-0.25, -0.2) is 4.79 Å². The summed E-state index contributed by atoms with van der Waals surface area (Å²) in [5, 5.41) is 2.63. The van der Waals surface area contributed by atoms with Crippen LogP contribution in [0.25, 0.3) is 0 Å². The first-order valence-corrected chi connectivity index (χ1v) is 3.18. The lowest BCUT2D eigenvalue weighted by Crippen LogP contribution is -2.43. The monoisotopic (exact) mass is 159 g/mol. The van der Waals surface area contributed by atoms with E-state index >= 15 is 0 Å². The Labute approximate surface area is 65.6 Å². The standard InChI is InChI=1S/C6H13N3O2/c1-4(5(10)11-3)9-6(7)8-2/h4H,1-3H3,(H3,7,8,9). The van der Waals surface area contributed by atoms with Crippen molar-refractivity contribution < 1.29 is 9.53 Å². The van der Waals surface area contributed by atoms with Crippen molar-refractivity contribution >= 4 is 11.9 Å². The normalized spacial score (nSPS) is 13.9. The Morgan fingerprint density at radius 3 is 2.64 bits per heavy atom. The molecule has 0 aromatic carbocycles. The van der Waals surface area contributed by atoms with Crippen LogP contribution in [-0.2, 0) is 9.53 Å². The van der Waals surface area contributed by atoms with Crippen LogP contribution in [0.1, 0.15) is 6.92 Å². The maximum atomic E-state index is 10.8. The van der Waals surface area contributed by atoms with Gasteiger partial charge in [0.25, 0.3) is 0 Å². The van der Waals surface area contributed by atoms with E-state index in [1.165, 1.54) is 14.2 Å². The summed E-state index contributed by atoms with van der Waals surface area (Å²) in [4.78, 5) is 14.4. The number of nitrogens with zero attached hydrogens (tertiary/aromatic N) is 1. The summed E-state index contributed by atoms with van der Waals surface area (Å²) < 4.78 is 4.45. The topological polar surface area (TPSA) is 76.7 Å². The van der Waals surface area contributed by atoms with Crippen LogP contribution >= 0.6 is 0 Å². The molecule has 0 radical (unpaired) electrons. The zero-order valence-electron chi connectivity index (χ0n) is 6.92. The van der Waals surface area contributed by atoms with Crippen molar-refractivity contribution in [3.8, 4) is 0 Å². The zero-order valence-corrected chi connectivity index (χ0v) is 6.92. The lowest BCUT2D eigenvalue weighted by Gasteiger charge is -2.10. The van der Waals surface area contributed by atoms with Gasteiger partial charge < -0.3 is 15.8 Å². The summed E-state index contributed by atoms with van der Waals surface area (Å²) in [6.45, 7) is 1.64. The highest BCUT2D eigenvalue weighted by atomic mass is 16.5. The van der Waals surface area contributed by atoms with Gasteiger partial charge >= 0.3 is 5.97 Å². The Hall–Kier alpha value is -1.26. The lowest BCUT2D eigenvalue weighted by molar-refractivity contribution is -0.142. The molecule has 0 saturated carbocycles. The van der Waals surface area contributed by atoms with Gasteiger partial charge in [-0.05, 0) is 6.92 Å². The highest BCUT2D eigenvalue weighted by molar-refractivity contribution is 5.84. The highest BCUT2D eigenvalue weighted by Crippen LogP contribution is 1.83. The minimum absolute atomic E-state index is 0.225. The fourth-order valence-electron chi connectivity index (χ4n) is 0.522. The van der Waals surface area contributed by atoms with Crippen LogP contribution in [-0.4, -0.2) is 32.1 Å². The molecule has 0 bridgehead atoms. The van der Waals surface area contributed by atoms with Gasteiger partial charge in [-0.15, -0.1) is 0 Å². The van der Waals surface area contributed by atoms with E-state index in [1.54, 1.807) is 6.92 Å². The van der Waals surface area contributed by atoms with Gasteiger partial charge in [-0.1, -0.05) is 0 Å². The Kier molecular flexibility index (Phi) is 4.02. The molecule has 0 aliphatic heterocycles. The number of rotatable bonds is 2. The van der Waals surface area contributed by atoms with E-state index in [9.17, 15) is 4.79 Å². The SMILES string of the molecule is CN=C(N)NC(C)C(=O)OC. The summed E-state index contributed by atoms with van der Waals surface area (Å²) >= 11 is 0. The van der Waals surface area contributed by atoms with Crippen molar-refractivity contribution in [2.45, 2.75) is 13.0 Å². The van der Waals surface area contributed by atoms with Crippen molar-refractivity contribution in [3.05, 3.63) is 0 Å². The second-order valence-corrected chi connectivity index (χ2v) is 2.00. The highest BCUT2D eigenvalue weighted by Gasteiger charge is 2.12. The van der Waals surface area contributed by atoms with Crippen LogP contribution in [0.3, 0.4) is 0 Å². The summed E-state index contributed by atoms with van der Waals surface area (Å²) in [7, 11) is 2.85. The molecule has 0 aromatic rings. The second kappa shape index (κ2) is 4.54.